The fourth-order valence-electron chi connectivity index (χ4n) is 5.46. The quantitative estimate of drug-likeness (QED) is 0.254. The number of rotatable bonds is 13. The lowest BCUT2D eigenvalue weighted by molar-refractivity contribution is -0.135. The Labute approximate surface area is 205 Å². The smallest absolute Gasteiger partial charge is 0.171 e. The number of benzene rings is 2. The van der Waals surface area contributed by atoms with Crippen molar-refractivity contribution in [1.82, 2.24) is 0 Å². The van der Waals surface area contributed by atoms with E-state index in [4.69, 9.17) is 0 Å². The molecule has 3 rings (SSSR count). The molecule has 0 nitrogen and oxygen atoms in total. The molecule has 0 radical (unpaired) electrons. The molecule has 0 N–H and O–H groups in total. The second-order valence-corrected chi connectivity index (χ2v) is 10.4. The molecule has 0 amide bonds. The lowest BCUT2D eigenvalue weighted by atomic mass is 9.77. The zero-order valence-corrected chi connectivity index (χ0v) is 21.0. The lowest BCUT2D eigenvalue weighted by Gasteiger charge is -2.29. The van der Waals surface area contributed by atoms with Gasteiger partial charge in [-0.15, -0.1) is 0 Å². The van der Waals surface area contributed by atoms with E-state index in [1.54, 1.807) is 0 Å². The van der Waals surface area contributed by atoms with Gasteiger partial charge < -0.3 is 0 Å². The van der Waals surface area contributed by atoms with E-state index in [2.05, 4.69) is 55.5 Å². The van der Waals surface area contributed by atoms with Gasteiger partial charge >= 0.3 is 6.18 Å². The van der Waals surface area contributed by atoms with E-state index in [-0.39, 0.29) is 6.42 Å². The van der Waals surface area contributed by atoms with E-state index in [1.807, 2.05) is 0 Å². The fraction of sp³-hybridized carbons (Fsp3) is 0.613. The Morgan fingerprint density at radius 1 is 0.676 bits per heavy atom. The largest absolute Gasteiger partial charge is 0.389 e. The van der Waals surface area contributed by atoms with Crippen molar-refractivity contribution in [1.29, 1.82) is 0 Å². The summed E-state index contributed by atoms with van der Waals surface area (Å²) >= 11 is 0. The molecule has 0 atom stereocenters. The predicted molar refractivity (Wildman–Crippen MR) is 138 cm³/mol. The van der Waals surface area contributed by atoms with Crippen LogP contribution in [0.2, 0.25) is 0 Å². The summed E-state index contributed by atoms with van der Waals surface area (Å²) in [5, 5.41) is 0. The SMILES string of the molecule is CCCCCCCC[C@H]1CC[C@H](c2ccc(-c3ccc(CCCCC(F)(F)F)cc3)cc2)CC1. The third-order valence-corrected chi connectivity index (χ3v) is 7.66. The molecule has 3 heteroatoms. The van der Waals surface area contributed by atoms with Gasteiger partial charge in [0.25, 0.3) is 0 Å². The maximum absolute atomic E-state index is 12.3. The van der Waals surface area contributed by atoms with Crippen molar-refractivity contribution in [2.75, 3.05) is 0 Å². The summed E-state index contributed by atoms with van der Waals surface area (Å²) in [6.07, 6.45) is 12.0. The van der Waals surface area contributed by atoms with E-state index in [1.165, 1.54) is 87.3 Å². The van der Waals surface area contributed by atoms with Crippen molar-refractivity contribution in [3.05, 3.63) is 59.7 Å². The summed E-state index contributed by atoms with van der Waals surface area (Å²) < 4.78 is 36.8. The van der Waals surface area contributed by atoms with Gasteiger partial charge in [-0.1, -0.05) is 100 Å². The topological polar surface area (TPSA) is 0 Å². The number of hydrogen-bond donors (Lipinski definition) is 0. The van der Waals surface area contributed by atoms with Crippen molar-refractivity contribution in [3.63, 3.8) is 0 Å². The molecule has 2 aromatic carbocycles. The van der Waals surface area contributed by atoms with Gasteiger partial charge in [0.15, 0.2) is 0 Å². The first-order chi connectivity index (χ1) is 16.4. The Balaban J connectivity index is 1.39. The van der Waals surface area contributed by atoms with Gasteiger partial charge in [0.05, 0.1) is 0 Å². The predicted octanol–water partition coefficient (Wildman–Crippen LogP) is 10.7. The van der Waals surface area contributed by atoms with Crippen LogP contribution in [-0.4, -0.2) is 6.18 Å². The van der Waals surface area contributed by atoms with Gasteiger partial charge in [-0.05, 0) is 79.0 Å². The van der Waals surface area contributed by atoms with E-state index in [0.29, 0.717) is 18.8 Å². The molecule has 0 saturated heterocycles. The summed E-state index contributed by atoms with van der Waals surface area (Å²) in [4.78, 5) is 0. The standard InChI is InChI=1S/C31H43F3/c1-2-3-4-5-6-7-10-25-12-16-27(17-13-25)29-20-22-30(23-21-29)28-18-14-26(15-19-28)11-8-9-24-31(32,33)34/h14-15,18-23,25,27H,2-13,16-17,24H2,1H3/t25-,27-. The molecule has 0 aliphatic heterocycles. The highest BCUT2D eigenvalue weighted by Crippen LogP contribution is 2.38. The van der Waals surface area contributed by atoms with Crippen molar-refractivity contribution < 1.29 is 13.2 Å². The molecule has 0 aromatic heterocycles. The average molecular weight is 473 g/mol. The molecular weight excluding hydrogens is 429 g/mol. The maximum atomic E-state index is 12.3. The van der Waals surface area contributed by atoms with Crippen LogP contribution in [0.25, 0.3) is 11.1 Å². The highest BCUT2D eigenvalue weighted by molar-refractivity contribution is 5.64. The molecule has 1 aliphatic carbocycles. The fourth-order valence-corrected chi connectivity index (χ4v) is 5.46. The van der Waals surface area contributed by atoms with Crippen molar-refractivity contribution >= 4 is 0 Å². The van der Waals surface area contributed by atoms with Gasteiger partial charge in [0, 0.05) is 6.42 Å². The highest BCUT2D eigenvalue weighted by Gasteiger charge is 2.25. The van der Waals surface area contributed by atoms with Crippen molar-refractivity contribution in [2.24, 2.45) is 5.92 Å². The molecule has 2 aromatic rings. The Kier molecular flexibility index (Phi) is 11.0. The number of unbranched alkanes of at least 4 members (excludes halogenated alkanes) is 6. The zero-order valence-electron chi connectivity index (χ0n) is 21.0. The molecule has 188 valence electrons. The van der Waals surface area contributed by atoms with Crippen LogP contribution in [0.15, 0.2) is 48.5 Å². The molecule has 0 unspecified atom stereocenters. The van der Waals surface area contributed by atoms with E-state index >= 15 is 0 Å². The van der Waals surface area contributed by atoms with Gasteiger partial charge in [-0.3, -0.25) is 0 Å². The Morgan fingerprint density at radius 3 is 1.88 bits per heavy atom. The number of alkyl halides is 3. The van der Waals surface area contributed by atoms with Crippen molar-refractivity contribution in [3.8, 4) is 11.1 Å². The first-order valence-corrected chi connectivity index (χ1v) is 13.7. The van der Waals surface area contributed by atoms with Crippen LogP contribution in [0, 0.1) is 5.92 Å². The van der Waals surface area contributed by atoms with Crippen LogP contribution >= 0.6 is 0 Å². The molecule has 1 fully saturated rings. The van der Waals surface area contributed by atoms with Crippen LogP contribution in [-0.2, 0) is 6.42 Å². The molecule has 0 bridgehead atoms. The molecule has 0 spiro atoms. The lowest BCUT2D eigenvalue weighted by Crippen LogP contribution is -2.13. The van der Waals surface area contributed by atoms with E-state index in [0.717, 1.165) is 11.5 Å². The Hall–Kier alpha value is -1.77. The zero-order chi connectivity index (χ0) is 24.2. The summed E-state index contributed by atoms with van der Waals surface area (Å²) in [6, 6.07) is 17.4. The minimum absolute atomic E-state index is 0.202. The van der Waals surface area contributed by atoms with E-state index in [9.17, 15) is 13.2 Å². The molecule has 1 aliphatic rings. The Bertz CT molecular complexity index is 796. The van der Waals surface area contributed by atoms with Gasteiger partial charge in [-0.25, -0.2) is 0 Å². The second-order valence-electron chi connectivity index (χ2n) is 10.4. The molecule has 34 heavy (non-hydrogen) atoms. The minimum atomic E-state index is -4.04. The first-order valence-electron chi connectivity index (χ1n) is 13.7. The van der Waals surface area contributed by atoms with Gasteiger partial charge in [0.2, 0.25) is 0 Å². The Morgan fingerprint density at radius 2 is 1.26 bits per heavy atom. The number of aryl methyl sites for hydroxylation is 1. The van der Waals surface area contributed by atoms with Crippen LogP contribution in [0.3, 0.4) is 0 Å². The minimum Gasteiger partial charge on any atom is -0.171 e. The third-order valence-electron chi connectivity index (χ3n) is 7.66. The van der Waals surface area contributed by atoms with Crippen LogP contribution in [0.5, 0.6) is 0 Å². The normalized spacial score (nSPS) is 18.8. The highest BCUT2D eigenvalue weighted by atomic mass is 19.4. The molecule has 0 heterocycles. The molecule has 1 saturated carbocycles. The molecular formula is C31H43F3. The third kappa shape index (κ3) is 9.47. The number of halogens is 3. The van der Waals surface area contributed by atoms with Crippen LogP contribution in [0.1, 0.15) is 114 Å². The maximum Gasteiger partial charge on any atom is 0.389 e. The van der Waals surface area contributed by atoms with E-state index < -0.39 is 12.6 Å². The summed E-state index contributed by atoms with van der Waals surface area (Å²) in [7, 11) is 0. The van der Waals surface area contributed by atoms with Crippen molar-refractivity contribution in [2.45, 2.75) is 115 Å². The summed E-state index contributed by atoms with van der Waals surface area (Å²) in [5.41, 5.74) is 4.97. The second kappa shape index (κ2) is 14.0. The summed E-state index contributed by atoms with van der Waals surface area (Å²) in [5.74, 6) is 1.64. The number of hydrogen-bond acceptors (Lipinski definition) is 0. The van der Waals surface area contributed by atoms with Crippen LogP contribution < -0.4 is 0 Å². The summed E-state index contributed by atoms with van der Waals surface area (Å²) in [6.45, 7) is 2.28. The monoisotopic (exact) mass is 472 g/mol. The van der Waals surface area contributed by atoms with Gasteiger partial charge in [-0.2, -0.15) is 13.2 Å². The van der Waals surface area contributed by atoms with Gasteiger partial charge in [0.1, 0.15) is 0 Å². The average Bonchev–Trinajstić information content (AvgIpc) is 2.84. The van der Waals surface area contributed by atoms with Crippen LogP contribution in [0.4, 0.5) is 13.2 Å². The first kappa shape index (κ1) is 26.8.